The van der Waals surface area contributed by atoms with Crippen molar-refractivity contribution in [3.63, 3.8) is 0 Å². The Morgan fingerprint density at radius 3 is 2.43 bits per heavy atom. The number of halogens is 1. The van der Waals surface area contributed by atoms with Crippen molar-refractivity contribution in [2.24, 2.45) is 0 Å². The molecule has 3 aromatic rings. The van der Waals surface area contributed by atoms with Crippen LogP contribution in [0.2, 0.25) is 5.02 Å². The second-order valence-electron chi connectivity index (χ2n) is 5.43. The van der Waals surface area contributed by atoms with Gasteiger partial charge in [-0.1, -0.05) is 29.3 Å². The van der Waals surface area contributed by atoms with E-state index in [0.717, 1.165) is 28.1 Å². The van der Waals surface area contributed by atoms with E-state index in [9.17, 15) is 9.90 Å². The highest BCUT2D eigenvalue weighted by Gasteiger charge is 2.17. The van der Waals surface area contributed by atoms with Crippen LogP contribution in [-0.4, -0.2) is 20.9 Å². The zero-order valence-electron chi connectivity index (χ0n) is 12.7. The van der Waals surface area contributed by atoms with Gasteiger partial charge in [-0.05, 0) is 55.8 Å². The van der Waals surface area contributed by atoms with Crippen LogP contribution in [0.15, 0.2) is 48.5 Å². The highest BCUT2D eigenvalue weighted by molar-refractivity contribution is 6.30. The average Bonchev–Trinajstić information content (AvgIpc) is 2.96. The van der Waals surface area contributed by atoms with Gasteiger partial charge in [-0.15, -0.1) is 0 Å². The number of hydrogen-bond donors (Lipinski definition) is 1. The first-order valence-corrected chi connectivity index (χ1v) is 7.50. The first-order valence-electron chi connectivity index (χ1n) is 7.12. The van der Waals surface area contributed by atoms with Crippen LogP contribution in [-0.2, 0) is 0 Å². The summed E-state index contributed by atoms with van der Waals surface area (Å²) in [5.41, 5.74) is 4.63. The lowest BCUT2D eigenvalue weighted by molar-refractivity contribution is 0.0690. The molecule has 0 aliphatic rings. The molecule has 1 aromatic heterocycles. The van der Waals surface area contributed by atoms with E-state index in [-0.39, 0.29) is 5.69 Å². The van der Waals surface area contributed by atoms with Gasteiger partial charge in [-0.2, -0.15) is 5.10 Å². The van der Waals surface area contributed by atoms with Gasteiger partial charge in [0, 0.05) is 10.6 Å². The highest BCUT2D eigenvalue weighted by atomic mass is 35.5. The molecular weight excluding hydrogens is 312 g/mol. The largest absolute Gasteiger partial charge is 0.476 e. The van der Waals surface area contributed by atoms with Gasteiger partial charge in [0.15, 0.2) is 5.69 Å². The lowest BCUT2D eigenvalue weighted by atomic mass is 10.0. The van der Waals surface area contributed by atoms with Gasteiger partial charge < -0.3 is 5.11 Å². The third-order valence-corrected chi connectivity index (χ3v) is 3.92. The summed E-state index contributed by atoms with van der Waals surface area (Å²) in [6.07, 6.45) is 0. The third kappa shape index (κ3) is 2.98. The maximum Gasteiger partial charge on any atom is 0.356 e. The molecule has 0 bridgehead atoms. The predicted octanol–water partition coefficient (Wildman–Crippen LogP) is 4.51. The molecule has 0 atom stereocenters. The van der Waals surface area contributed by atoms with E-state index in [2.05, 4.69) is 5.10 Å². The SMILES string of the molecule is Cc1ccc(C)c(-c2cc(C(=O)O)nn2-c2ccc(Cl)cc2)c1. The first-order chi connectivity index (χ1) is 11.0. The lowest BCUT2D eigenvalue weighted by Crippen LogP contribution is -2.02. The molecule has 0 aliphatic heterocycles. The zero-order valence-corrected chi connectivity index (χ0v) is 13.5. The van der Waals surface area contributed by atoms with E-state index in [1.807, 2.05) is 44.2 Å². The lowest BCUT2D eigenvalue weighted by Gasteiger charge is -2.11. The molecule has 116 valence electrons. The van der Waals surface area contributed by atoms with Crippen LogP contribution >= 0.6 is 11.6 Å². The minimum atomic E-state index is -1.05. The Morgan fingerprint density at radius 1 is 1.09 bits per heavy atom. The van der Waals surface area contributed by atoms with Crippen molar-refractivity contribution >= 4 is 17.6 Å². The topological polar surface area (TPSA) is 55.1 Å². The Kier molecular flexibility index (Phi) is 3.92. The number of carboxylic acid groups (broad SMARTS) is 1. The van der Waals surface area contributed by atoms with Gasteiger partial charge in [0.1, 0.15) is 0 Å². The van der Waals surface area contributed by atoms with E-state index < -0.39 is 5.97 Å². The molecule has 0 aliphatic carbocycles. The van der Waals surface area contributed by atoms with Crippen molar-refractivity contribution < 1.29 is 9.90 Å². The van der Waals surface area contributed by atoms with Gasteiger partial charge in [0.05, 0.1) is 11.4 Å². The number of benzene rings is 2. The Hall–Kier alpha value is -2.59. The number of aryl methyl sites for hydroxylation is 2. The Bertz CT molecular complexity index is 883. The normalized spacial score (nSPS) is 10.7. The molecule has 5 heteroatoms. The Labute approximate surface area is 139 Å². The summed E-state index contributed by atoms with van der Waals surface area (Å²) in [5, 5.41) is 14.1. The average molecular weight is 327 g/mol. The number of nitrogens with zero attached hydrogens (tertiary/aromatic N) is 2. The van der Waals surface area contributed by atoms with Gasteiger partial charge in [-0.25, -0.2) is 9.48 Å². The van der Waals surface area contributed by atoms with Crippen LogP contribution in [0.3, 0.4) is 0 Å². The van der Waals surface area contributed by atoms with E-state index in [4.69, 9.17) is 11.6 Å². The smallest absolute Gasteiger partial charge is 0.356 e. The molecule has 1 N–H and O–H groups in total. The summed E-state index contributed by atoms with van der Waals surface area (Å²) >= 11 is 5.93. The first kappa shape index (κ1) is 15.3. The zero-order chi connectivity index (χ0) is 16.6. The monoisotopic (exact) mass is 326 g/mol. The Morgan fingerprint density at radius 2 is 1.78 bits per heavy atom. The molecular formula is C18H15ClN2O2. The van der Waals surface area contributed by atoms with Crippen molar-refractivity contribution in [2.75, 3.05) is 0 Å². The molecule has 0 saturated carbocycles. The maximum absolute atomic E-state index is 11.3. The van der Waals surface area contributed by atoms with Crippen LogP contribution in [0.4, 0.5) is 0 Å². The molecule has 0 radical (unpaired) electrons. The molecule has 0 spiro atoms. The van der Waals surface area contributed by atoms with Crippen LogP contribution in [0.25, 0.3) is 16.9 Å². The highest BCUT2D eigenvalue weighted by Crippen LogP contribution is 2.28. The fraction of sp³-hybridized carbons (Fsp3) is 0.111. The van der Waals surface area contributed by atoms with Gasteiger partial charge in [0.2, 0.25) is 0 Å². The van der Waals surface area contributed by atoms with E-state index in [1.165, 1.54) is 0 Å². The molecule has 0 fully saturated rings. The molecule has 23 heavy (non-hydrogen) atoms. The number of aromatic carboxylic acids is 1. The van der Waals surface area contributed by atoms with E-state index in [0.29, 0.717) is 5.02 Å². The van der Waals surface area contributed by atoms with Crippen molar-refractivity contribution in [1.82, 2.24) is 9.78 Å². The summed E-state index contributed by atoms with van der Waals surface area (Å²) in [5.74, 6) is -1.05. The van der Waals surface area contributed by atoms with Crippen molar-refractivity contribution in [3.05, 3.63) is 70.4 Å². The van der Waals surface area contributed by atoms with Gasteiger partial charge in [-0.3, -0.25) is 0 Å². The van der Waals surface area contributed by atoms with Crippen LogP contribution in [0, 0.1) is 13.8 Å². The van der Waals surface area contributed by atoms with Gasteiger partial charge in [0.25, 0.3) is 0 Å². The predicted molar refractivity (Wildman–Crippen MR) is 90.4 cm³/mol. The fourth-order valence-corrected chi connectivity index (χ4v) is 2.59. The van der Waals surface area contributed by atoms with Crippen LogP contribution < -0.4 is 0 Å². The van der Waals surface area contributed by atoms with Crippen molar-refractivity contribution in [1.29, 1.82) is 0 Å². The molecule has 2 aromatic carbocycles. The summed E-state index contributed by atoms with van der Waals surface area (Å²) in [7, 11) is 0. The number of hydrogen-bond acceptors (Lipinski definition) is 2. The fourth-order valence-electron chi connectivity index (χ4n) is 2.47. The summed E-state index contributed by atoms with van der Waals surface area (Å²) in [4.78, 5) is 11.3. The Balaban J connectivity index is 2.25. The molecule has 0 unspecified atom stereocenters. The summed E-state index contributed by atoms with van der Waals surface area (Å²) < 4.78 is 1.64. The minimum absolute atomic E-state index is 0.0101. The third-order valence-electron chi connectivity index (χ3n) is 3.67. The quantitative estimate of drug-likeness (QED) is 0.770. The minimum Gasteiger partial charge on any atom is -0.476 e. The number of carboxylic acids is 1. The van der Waals surface area contributed by atoms with Crippen LogP contribution in [0.5, 0.6) is 0 Å². The van der Waals surface area contributed by atoms with Crippen molar-refractivity contribution in [2.45, 2.75) is 13.8 Å². The molecule has 3 rings (SSSR count). The number of aromatic nitrogens is 2. The summed E-state index contributed by atoms with van der Waals surface area (Å²) in [6.45, 7) is 4.00. The van der Waals surface area contributed by atoms with E-state index in [1.54, 1.807) is 22.9 Å². The van der Waals surface area contributed by atoms with Gasteiger partial charge >= 0.3 is 5.97 Å². The second-order valence-corrected chi connectivity index (χ2v) is 5.86. The molecule has 0 saturated heterocycles. The van der Waals surface area contributed by atoms with Crippen LogP contribution in [0.1, 0.15) is 21.6 Å². The molecule has 0 amide bonds. The number of rotatable bonds is 3. The standard InChI is InChI=1S/C18H15ClN2O2/c1-11-3-4-12(2)15(9-11)17-10-16(18(22)23)20-21(17)14-7-5-13(19)6-8-14/h3-10H,1-2H3,(H,22,23). The molecule has 1 heterocycles. The summed E-state index contributed by atoms with van der Waals surface area (Å²) in [6, 6.07) is 14.8. The second kappa shape index (κ2) is 5.89. The maximum atomic E-state index is 11.3. The molecule has 4 nitrogen and oxygen atoms in total. The van der Waals surface area contributed by atoms with E-state index >= 15 is 0 Å². The van der Waals surface area contributed by atoms with Crippen molar-refractivity contribution in [3.8, 4) is 16.9 Å². The number of carbonyl (C=O) groups is 1.